The number of nitrogens with one attached hydrogen (secondary N) is 2. The van der Waals surface area contributed by atoms with Crippen molar-refractivity contribution in [2.24, 2.45) is 0 Å². The SMILES string of the molecule is Cc1nn(-c2ccccc2)c(C)c1NC(=O)COC(=O)CCNC(=O)c1cccs1. The summed E-state index contributed by atoms with van der Waals surface area (Å²) >= 11 is 1.32. The average molecular weight is 426 g/mol. The Labute approximate surface area is 177 Å². The van der Waals surface area contributed by atoms with Crippen molar-refractivity contribution in [2.45, 2.75) is 20.3 Å². The van der Waals surface area contributed by atoms with Crippen molar-refractivity contribution < 1.29 is 19.1 Å². The van der Waals surface area contributed by atoms with Crippen LogP contribution in [-0.2, 0) is 14.3 Å². The molecule has 9 heteroatoms. The number of esters is 1. The highest BCUT2D eigenvalue weighted by molar-refractivity contribution is 7.12. The fraction of sp³-hybridized carbons (Fsp3) is 0.238. The summed E-state index contributed by atoms with van der Waals surface area (Å²) in [6, 6.07) is 13.1. The topological polar surface area (TPSA) is 102 Å². The minimum atomic E-state index is -0.565. The van der Waals surface area contributed by atoms with Gasteiger partial charge in [0, 0.05) is 6.54 Å². The van der Waals surface area contributed by atoms with Gasteiger partial charge in [-0.3, -0.25) is 14.4 Å². The van der Waals surface area contributed by atoms with Gasteiger partial charge in [-0.15, -0.1) is 11.3 Å². The zero-order valence-electron chi connectivity index (χ0n) is 16.7. The quantitative estimate of drug-likeness (QED) is 0.539. The number of hydrogen-bond acceptors (Lipinski definition) is 6. The van der Waals surface area contributed by atoms with Crippen LogP contribution in [0.4, 0.5) is 5.69 Å². The van der Waals surface area contributed by atoms with Crippen molar-refractivity contribution in [1.82, 2.24) is 15.1 Å². The summed E-state index contributed by atoms with van der Waals surface area (Å²) in [6.07, 6.45) is -0.0195. The van der Waals surface area contributed by atoms with E-state index in [0.29, 0.717) is 16.3 Å². The molecule has 0 radical (unpaired) electrons. The van der Waals surface area contributed by atoms with E-state index in [4.69, 9.17) is 4.74 Å². The maximum atomic E-state index is 12.2. The number of anilines is 1. The summed E-state index contributed by atoms with van der Waals surface area (Å²) < 4.78 is 6.74. The lowest BCUT2D eigenvalue weighted by atomic mass is 10.3. The number of carbonyl (C=O) groups excluding carboxylic acids is 3. The molecule has 30 heavy (non-hydrogen) atoms. The van der Waals surface area contributed by atoms with Crippen molar-refractivity contribution in [3.05, 3.63) is 64.1 Å². The van der Waals surface area contributed by atoms with Gasteiger partial charge in [-0.2, -0.15) is 5.10 Å². The van der Waals surface area contributed by atoms with Crippen molar-refractivity contribution >= 4 is 34.8 Å². The van der Waals surface area contributed by atoms with Crippen LogP contribution in [0.25, 0.3) is 5.69 Å². The number of para-hydroxylation sites is 1. The predicted octanol–water partition coefficient (Wildman–Crippen LogP) is 2.85. The van der Waals surface area contributed by atoms with E-state index in [1.165, 1.54) is 11.3 Å². The summed E-state index contributed by atoms with van der Waals surface area (Å²) in [7, 11) is 0. The molecule has 0 bridgehead atoms. The molecular weight excluding hydrogens is 404 g/mol. The first-order valence-corrected chi connectivity index (χ1v) is 10.2. The molecule has 0 aliphatic rings. The van der Waals surface area contributed by atoms with E-state index in [1.54, 1.807) is 29.1 Å². The Hall–Kier alpha value is -3.46. The highest BCUT2D eigenvalue weighted by Crippen LogP contribution is 2.22. The fourth-order valence-electron chi connectivity index (χ4n) is 2.81. The summed E-state index contributed by atoms with van der Waals surface area (Å²) in [5.74, 6) is -1.26. The van der Waals surface area contributed by atoms with Crippen LogP contribution >= 0.6 is 11.3 Å². The van der Waals surface area contributed by atoms with Gasteiger partial charge < -0.3 is 15.4 Å². The lowest BCUT2D eigenvalue weighted by Gasteiger charge is -2.08. The number of aryl methyl sites for hydroxylation is 1. The van der Waals surface area contributed by atoms with E-state index in [0.717, 1.165) is 11.4 Å². The van der Waals surface area contributed by atoms with E-state index in [-0.39, 0.29) is 18.9 Å². The lowest BCUT2D eigenvalue weighted by Crippen LogP contribution is -2.27. The number of carbonyl (C=O) groups is 3. The second kappa shape index (κ2) is 9.84. The Morgan fingerprint density at radius 1 is 1.10 bits per heavy atom. The standard InChI is InChI=1S/C21H22N4O4S/c1-14-20(15(2)25(24-14)16-7-4-3-5-8-16)23-18(26)13-29-19(27)10-11-22-21(28)17-9-6-12-30-17/h3-9,12H,10-11,13H2,1-2H3,(H,22,28)(H,23,26). The summed E-state index contributed by atoms with van der Waals surface area (Å²) in [5.41, 5.74) is 2.90. The Balaban J connectivity index is 1.46. The Morgan fingerprint density at radius 3 is 2.57 bits per heavy atom. The molecule has 3 rings (SSSR count). The van der Waals surface area contributed by atoms with Crippen molar-refractivity contribution in [1.29, 1.82) is 0 Å². The third-order valence-electron chi connectivity index (χ3n) is 4.28. The summed E-state index contributed by atoms with van der Waals surface area (Å²) in [4.78, 5) is 36.4. The first-order chi connectivity index (χ1) is 14.5. The molecule has 0 unspecified atom stereocenters. The monoisotopic (exact) mass is 426 g/mol. The molecule has 3 aromatic rings. The van der Waals surface area contributed by atoms with Gasteiger partial charge in [-0.05, 0) is 37.4 Å². The molecule has 0 saturated heterocycles. The molecule has 1 aromatic carbocycles. The molecule has 2 N–H and O–H groups in total. The lowest BCUT2D eigenvalue weighted by molar-refractivity contribution is -0.147. The Kier molecular flexibility index (Phi) is 6.97. The average Bonchev–Trinajstić information content (AvgIpc) is 3.37. The first kappa shape index (κ1) is 21.3. The zero-order chi connectivity index (χ0) is 21.5. The predicted molar refractivity (Wildman–Crippen MR) is 114 cm³/mol. The third-order valence-corrected chi connectivity index (χ3v) is 5.15. The molecule has 2 heterocycles. The zero-order valence-corrected chi connectivity index (χ0v) is 17.5. The molecule has 0 spiro atoms. The van der Waals surface area contributed by atoms with E-state index in [2.05, 4.69) is 15.7 Å². The molecular formula is C21H22N4O4S. The van der Waals surface area contributed by atoms with Crippen LogP contribution < -0.4 is 10.6 Å². The number of nitrogens with zero attached hydrogens (tertiary/aromatic N) is 2. The number of aromatic nitrogens is 2. The van der Waals surface area contributed by atoms with Gasteiger partial charge >= 0.3 is 5.97 Å². The second-order valence-corrected chi connectivity index (χ2v) is 7.43. The Bertz CT molecular complexity index is 1030. The van der Waals surface area contributed by atoms with Crippen molar-refractivity contribution in [3.8, 4) is 5.69 Å². The number of hydrogen-bond donors (Lipinski definition) is 2. The molecule has 2 amide bonds. The van der Waals surface area contributed by atoms with E-state index >= 15 is 0 Å². The van der Waals surface area contributed by atoms with Crippen LogP contribution in [0.15, 0.2) is 47.8 Å². The molecule has 0 aliphatic heterocycles. The second-order valence-electron chi connectivity index (χ2n) is 6.49. The van der Waals surface area contributed by atoms with Crippen LogP contribution in [0.2, 0.25) is 0 Å². The molecule has 0 saturated carbocycles. The molecule has 2 aromatic heterocycles. The molecule has 8 nitrogen and oxygen atoms in total. The van der Waals surface area contributed by atoms with Crippen molar-refractivity contribution in [2.75, 3.05) is 18.5 Å². The minimum Gasteiger partial charge on any atom is -0.456 e. The van der Waals surface area contributed by atoms with Crippen molar-refractivity contribution in [3.63, 3.8) is 0 Å². The number of rotatable bonds is 8. The van der Waals surface area contributed by atoms with Crippen LogP contribution in [0.1, 0.15) is 27.5 Å². The van der Waals surface area contributed by atoms with E-state index < -0.39 is 18.5 Å². The highest BCUT2D eigenvalue weighted by Gasteiger charge is 2.16. The number of amides is 2. The van der Waals surface area contributed by atoms with Gasteiger partial charge in [0.15, 0.2) is 6.61 Å². The smallest absolute Gasteiger partial charge is 0.308 e. The van der Waals surface area contributed by atoms with Gasteiger partial charge in [0.25, 0.3) is 11.8 Å². The van der Waals surface area contributed by atoms with Gasteiger partial charge in [0.1, 0.15) is 0 Å². The summed E-state index contributed by atoms with van der Waals surface area (Å²) in [5, 5.41) is 11.6. The van der Waals surface area contributed by atoms with E-state index in [9.17, 15) is 14.4 Å². The first-order valence-electron chi connectivity index (χ1n) is 9.34. The number of thiophene rings is 1. The fourth-order valence-corrected chi connectivity index (χ4v) is 3.45. The largest absolute Gasteiger partial charge is 0.456 e. The van der Waals surface area contributed by atoms with Gasteiger partial charge in [-0.25, -0.2) is 4.68 Å². The van der Waals surface area contributed by atoms with Gasteiger partial charge in [-0.1, -0.05) is 24.3 Å². The maximum absolute atomic E-state index is 12.2. The highest BCUT2D eigenvalue weighted by atomic mass is 32.1. The molecule has 0 fully saturated rings. The third kappa shape index (κ3) is 5.32. The molecule has 0 atom stereocenters. The minimum absolute atomic E-state index is 0.0195. The molecule has 156 valence electrons. The number of benzene rings is 1. The summed E-state index contributed by atoms with van der Waals surface area (Å²) in [6.45, 7) is 3.38. The van der Waals surface area contributed by atoms with Crippen LogP contribution in [0.5, 0.6) is 0 Å². The van der Waals surface area contributed by atoms with E-state index in [1.807, 2.05) is 37.3 Å². The Morgan fingerprint density at radius 2 is 1.87 bits per heavy atom. The molecule has 0 aliphatic carbocycles. The van der Waals surface area contributed by atoms with Gasteiger partial charge in [0.05, 0.1) is 34.1 Å². The van der Waals surface area contributed by atoms with Crippen LogP contribution in [0, 0.1) is 13.8 Å². The van der Waals surface area contributed by atoms with Crippen LogP contribution in [-0.4, -0.2) is 40.7 Å². The normalized spacial score (nSPS) is 10.5. The van der Waals surface area contributed by atoms with Crippen LogP contribution in [0.3, 0.4) is 0 Å². The maximum Gasteiger partial charge on any atom is 0.308 e. The number of ether oxygens (including phenoxy) is 1. The van der Waals surface area contributed by atoms with Gasteiger partial charge in [0.2, 0.25) is 0 Å².